The van der Waals surface area contributed by atoms with Crippen molar-refractivity contribution in [3.63, 3.8) is 0 Å². The number of rotatable bonds is 4. The molecule has 0 amide bonds. The number of anilines is 1. The van der Waals surface area contributed by atoms with E-state index in [1.807, 2.05) is 31.7 Å². The number of aryl methyl sites for hydroxylation is 1. The maximum absolute atomic E-state index is 11.0. The van der Waals surface area contributed by atoms with E-state index in [0.29, 0.717) is 37.8 Å². The van der Waals surface area contributed by atoms with Gasteiger partial charge in [-0.15, -0.1) is 0 Å². The van der Waals surface area contributed by atoms with Crippen molar-refractivity contribution < 1.29 is 14.6 Å². The van der Waals surface area contributed by atoms with Crippen LogP contribution in [0.2, 0.25) is 0 Å². The first-order valence-corrected chi connectivity index (χ1v) is 6.96. The number of nitrogens with zero attached hydrogens (tertiary/aromatic N) is 3. The van der Waals surface area contributed by atoms with Crippen LogP contribution in [0.4, 0.5) is 5.95 Å². The summed E-state index contributed by atoms with van der Waals surface area (Å²) in [7, 11) is 0. The van der Waals surface area contributed by atoms with Gasteiger partial charge in [-0.2, -0.15) is 4.98 Å². The lowest BCUT2D eigenvalue weighted by atomic mass is 9.97. The maximum atomic E-state index is 11.0. The van der Waals surface area contributed by atoms with Crippen molar-refractivity contribution in [1.29, 1.82) is 0 Å². The normalized spacial score (nSPS) is 16.5. The zero-order valence-corrected chi connectivity index (χ0v) is 12.2. The highest BCUT2D eigenvalue weighted by Crippen LogP contribution is 2.23. The summed E-state index contributed by atoms with van der Waals surface area (Å²) in [5, 5.41) is 9.01. The highest BCUT2D eigenvalue weighted by molar-refractivity contribution is 5.70. The minimum absolute atomic E-state index is 0.0647. The zero-order chi connectivity index (χ0) is 14.7. The van der Waals surface area contributed by atoms with Gasteiger partial charge in [0.05, 0.1) is 12.0 Å². The fraction of sp³-hybridized carbons (Fsp3) is 0.643. The molecule has 1 N–H and O–H groups in total. The third-order valence-corrected chi connectivity index (χ3v) is 3.30. The van der Waals surface area contributed by atoms with Crippen LogP contribution in [0, 0.1) is 12.8 Å². The van der Waals surface area contributed by atoms with Gasteiger partial charge in [-0.3, -0.25) is 4.79 Å². The molecule has 6 nitrogen and oxygen atoms in total. The summed E-state index contributed by atoms with van der Waals surface area (Å²) in [6.45, 7) is 7.15. The summed E-state index contributed by atoms with van der Waals surface area (Å²) < 4.78 is 5.61. The van der Waals surface area contributed by atoms with Gasteiger partial charge in [-0.25, -0.2) is 4.98 Å². The molecular formula is C14H21N3O3. The molecule has 0 spiro atoms. The molecule has 0 atom stereocenters. The van der Waals surface area contributed by atoms with Crippen LogP contribution >= 0.6 is 0 Å². The largest absolute Gasteiger partial charge is 0.481 e. The minimum Gasteiger partial charge on any atom is -0.481 e. The molecule has 1 aromatic heterocycles. The van der Waals surface area contributed by atoms with E-state index in [-0.39, 0.29) is 12.0 Å². The van der Waals surface area contributed by atoms with Crippen LogP contribution in [0.3, 0.4) is 0 Å². The Kier molecular flexibility index (Phi) is 4.42. The Morgan fingerprint density at radius 3 is 2.60 bits per heavy atom. The van der Waals surface area contributed by atoms with Crippen molar-refractivity contribution in [1.82, 2.24) is 9.97 Å². The monoisotopic (exact) mass is 279 g/mol. The van der Waals surface area contributed by atoms with Gasteiger partial charge >= 0.3 is 5.97 Å². The van der Waals surface area contributed by atoms with E-state index in [1.165, 1.54) is 0 Å². The first-order chi connectivity index (χ1) is 9.45. The number of hydrogen-bond acceptors (Lipinski definition) is 5. The molecule has 1 saturated heterocycles. The number of ether oxygens (including phenoxy) is 1. The molecule has 110 valence electrons. The second kappa shape index (κ2) is 6.07. The Balaban J connectivity index is 2.09. The molecule has 0 unspecified atom stereocenters. The van der Waals surface area contributed by atoms with Crippen LogP contribution in [0.5, 0.6) is 5.88 Å². The summed E-state index contributed by atoms with van der Waals surface area (Å²) in [5.74, 6) is 0.244. The van der Waals surface area contributed by atoms with Crippen molar-refractivity contribution in [2.24, 2.45) is 5.92 Å². The maximum Gasteiger partial charge on any atom is 0.306 e. The third-order valence-electron chi connectivity index (χ3n) is 3.30. The van der Waals surface area contributed by atoms with Gasteiger partial charge in [-0.1, -0.05) is 0 Å². The Labute approximate surface area is 118 Å². The Morgan fingerprint density at radius 1 is 1.40 bits per heavy atom. The molecule has 0 bridgehead atoms. The fourth-order valence-electron chi connectivity index (χ4n) is 2.29. The molecule has 1 fully saturated rings. The molecule has 6 heteroatoms. The Hall–Kier alpha value is -1.85. The molecule has 0 radical (unpaired) electrons. The van der Waals surface area contributed by atoms with E-state index in [1.54, 1.807) is 0 Å². The number of carboxylic acid groups (broad SMARTS) is 1. The fourth-order valence-corrected chi connectivity index (χ4v) is 2.29. The molecule has 1 aliphatic heterocycles. The van der Waals surface area contributed by atoms with Gasteiger partial charge in [0.1, 0.15) is 0 Å². The smallest absolute Gasteiger partial charge is 0.306 e. The summed E-state index contributed by atoms with van der Waals surface area (Å²) in [6.07, 6.45) is 1.33. The Bertz CT molecular complexity index is 483. The quantitative estimate of drug-likeness (QED) is 0.907. The highest BCUT2D eigenvalue weighted by atomic mass is 16.5. The van der Waals surface area contributed by atoms with Gasteiger partial charge in [0, 0.05) is 24.8 Å². The van der Waals surface area contributed by atoms with E-state index in [4.69, 9.17) is 9.84 Å². The molecule has 1 aliphatic rings. The van der Waals surface area contributed by atoms with E-state index < -0.39 is 5.97 Å². The van der Waals surface area contributed by atoms with Crippen LogP contribution in [-0.4, -0.2) is 40.2 Å². The lowest BCUT2D eigenvalue weighted by Gasteiger charge is -2.30. The van der Waals surface area contributed by atoms with Crippen LogP contribution in [0.1, 0.15) is 32.4 Å². The number of carbonyl (C=O) groups is 1. The second-order valence-electron chi connectivity index (χ2n) is 5.41. The summed E-state index contributed by atoms with van der Waals surface area (Å²) in [4.78, 5) is 21.8. The zero-order valence-electron chi connectivity index (χ0n) is 12.2. The lowest BCUT2D eigenvalue weighted by molar-refractivity contribution is -0.142. The van der Waals surface area contributed by atoms with Crippen LogP contribution in [0.15, 0.2) is 6.07 Å². The topological polar surface area (TPSA) is 75.5 Å². The second-order valence-corrected chi connectivity index (χ2v) is 5.41. The lowest BCUT2D eigenvalue weighted by Crippen LogP contribution is -2.37. The predicted octanol–water partition coefficient (Wildman–Crippen LogP) is 1.87. The van der Waals surface area contributed by atoms with Crippen LogP contribution in [0.25, 0.3) is 0 Å². The average Bonchev–Trinajstić information content (AvgIpc) is 2.37. The highest BCUT2D eigenvalue weighted by Gasteiger charge is 2.26. The van der Waals surface area contributed by atoms with Crippen molar-refractivity contribution in [3.8, 4) is 5.88 Å². The van der Waals surface area contributed by atoms with Crippen molar-refractivity contribution >= 4 is 11.9 Å². The van der Waals surface area contributed by atoms with Crippen molar-refractivity contribution in [2.45, 2.75) is 39.7 Å². The Morgan fingerprint density at radius 2 is 2.05 bits per heavy atom. The molecule has 0 aromatic carbocycles. The molecule has 1 aromatic rings. The molecule has 0 aliphatic carbocycles. The van der Waals surface area contributed by atoms with Gasteiger partial charge in [0.15, 0.2) is 0 Å². The van der Waals surface area contributed by atoms with Gasteiger partial charge in [-0.05, 0) is 33.6 Å². The molecule has 0 saturated carbocycles. The molecule has 2 heterocycles. The summed E-state index contributed by atoms with van der Waals surface area (Å²) in [5.41, 5.74) is 0.853. The van der Waals surface area contributed by atoms with E-state index in [2.05, 4.69) is 9.97 Å². The molecular weight excluding hydrogens is 258 g/mol. The summed E-state index contributed by atoms with van der Waals surface area (Å²) in [6, 6.07) is 1.81. The SMILES string of the molecule is Cc1cc(OC(C)C)nc(N2CCC(C(=O)O)CC2)n1. The van der Waals surface area contributed by atoms with Gasteiger partial charge in [0.2, 0.25) is 11.8 Å². The number of hydrogen-bond donors (Lipinski definition) is 1. The summed E-state index contributed by atoms with van der Waals surface area (Å²) >= 11 is 0. The van der Waals surface area contributed by atoms with Crippen molar-refractivity contribution in [2.75, 3.05) is 18.0 Å². The van der Waals surface area contributed by atoms with E-state index in [9.17, 15) is 4.79 Å². The van der Waals surface area contributed by atoms with E-state index >= 15 is 0 Å². The van der Waals surface area contributed by atoms with Crippen molar-refractivity contribution in [3.05, 3.63) is 11.8 Å². The number of aromatic nitrogens is 2. The first-order valence-electron chi connectivity index (χ1n) is 6.96. The van der Waals surface area contributed by atoms with Crippen LogP contribution < -0.4 is 9.64 Å². The number of aliphatic carboxylic acids is 1. The van der Waals surface area contributed by atoms with Gasteiger partial charge < -0.3 is 14.7 Å². The third kappa shape index (κ3) is 3.59. The van der Waals surface area contributed by atoms with Crippen LogP contribution in [-0.2, 0) is 4.79 Å². The number of carboxylic acids is 1. The van der Waals surface area contributed by atoms with Gasteiger partial charge in [0.25, 0.3) is 0 Å². The number of piperidine rings is 1. The minimum atomic E-state index is -0.710. The first kappa shape index (κ1) is 14.6. The average molecular weight is 279 g/mol. The molecule has 2 rings (SSSR count). The van der Waals surface area contributed by atoms with E-state index in [0.717, 1.165) is 5.69 Å². The standard InChI is InChI=1S/C14H21N3O3/c1-9(2)20-12-8-10(3)15-14(16-12)17-6-4-11(5-7-17)13(18)19/h8-9,11H,4-7H2,1-3H3,(H,18,19). The predicted molar refractivity (Wildman–Crippen MR) is 75.1 cm³/mol. The molecule has 20 heavy (non-hydrogen) atoms.